The highest BCUT2D eigenvalue weighted by molar-refractivity contribution is 7.04. The summed E-state index contributed by atoms with van der Waals surface area (Å²) < 4.78 is 21.2. The standard InChI is InChI=1S/C23H20N2O3S/c1-26-20-12-15(13-21(27-2)23(20)28-3)22-18(14-29-25-22)16-8-4-5-9-17(16)19-10-6-7-11-24-19/h4-14H,1-3H3. The number of benzene rings is 2. The van der Waals surface area contributed by atoms with Crippen molar-refractivity contribution in [2.24, 2.45) is 0 Å². The lowest BCUT2D eigenvalue weighted by Gasteiger charge is -2.14. The molecule has 0 saturated carbocycles. The van der Waals surface area contributed by atoms with Crippen LogP contribution in [0.2, 0.25) is 0 Å². The van der Waals surface area contributed by atoms with E-state index in [9.17, 15) is 0 Å². The second-order valence-corrected chi connectivity index (χ2v) is 6.88. The number of pyridine rings is 1. The van der Waals surface area contributed by atoms with Crippen LogP contribution >= 0.6 is 11.5 Å². The van der Waals surface area contributed by atoms with E-state index in [2.05, 4.69) is 26.9 Å². The second-order valence-electron chi connectivity index (χ2n) is 6.25. The minimum atomic E-state index is 0.560. The van der Waals surface area contributed by atoms with Crippen LogP contribution in [0.15, 0.2) is 66.2 Å². The highest BCUT2D eigenvalue weighted by Crippen LogP contribution is 2.44. The normalized spacial score (nSPS) is 10.6. The van der Waals surface area contributed by atoms with Crippen LogP contribution in [0.4, 0.5) is 0 Å². The summed E-state index contributed by atoms with van der Waals surface area (Å²) in [7, 11) is 4.82. The molecule has 2 heterocycles. The molecule has 0 saturated heterocycles. The fourth-order valence-electron chi connectivity index (χ4n) is 3.32. The zero-order chi connectivity index (χ0) is 20.2. The smallest absolute Gasteiger partial charge is 0.203 e. The molecule has 0 aliphatic heterocycles. The number of rotatable bonds is 6. The third-order valence-electron chi connectivity index (χ3n) is 4.67. The fraction of sp³-hybridized carbons (Fsp3) is 0.130. The van der Waals surface area contributed by atoms with Gasteiger partial charge in [0.25, 0.3) is 0 Å². The molecule has 2 aromatic carbocycles. The topological polar surface area (TPSA) is 53.5 Å². The number of nitrogens with zero attached hydrogens (tertiary/aromatic N) is 2. The van der Waals surface area contributed by atoms with E-state index in [1.165, 1.54) is 11.5 Å². The van der Waals surface area contributed by atoms with Crippen molar-refractivity contribution < 1.29 is 14.2 Å². The Morgan fingerprint density at radius 1 is 0.759 bits per heavy atom. The second kappa shape index (κ2) is 8.32. The first-order chi connectivity index (χ1) is 14.3. The van der Waals surface area contributed by atoms with Crippen molar-refractivity contribution >= 4 is 11.5 Å². The van der Waals surface area contributed by atoms with Crippen LogP contribution in [-0.4, -0.2) is 30.7 Å². The van der Waals surface area contributed by atoms with Gasteiger partial charge in [-0.05, 0) is 41.4 Å². The van der Waals surface area contributed by atoms with Crippen molar-refractivity contribution in [2.75, 3.05) is 21.3 Å². The van der Waals surface area contributed by atoms with Gasteiger partial charge in [-0.3, -0.25) is 4.98 Å². The molecule has 0 bridgehead atoms. The van der Waals surface area contributed by atoms with Crippen LogP contribution in [0.25, 0.3) is 33.6 Å². The van der Waals surface area contributed by atoms with Crippen molar-refractivity contribution in [1.29, 1.82) is 0 Å². The largest absolute Gasteiger partial charge is 0.493 e. The Kier molecular flexibility index (Phi) is 5.44. The lowest BCUT2D eigenvalue weighted by Crippen LogP contribution is -1.96. The number of aromatic nitrogens is 2. The lowest BCUT2D eigenvalue weighted by molar-refractivity contribution is 0.324. The Morgan fingerprint density at radius 2 is 1.45 bits per heavy atom. The maximum absolute atomic E-state index is 5.52. The van der Waals surface area contributed by atoms with Gasteiger partial charge < -0.3 is 14.2 Å². The highest BCUT2D eigenvalue weighted by atomic mass is 32.1. The zero-order valence-electron chi connectivity index (χ0n) is 16.4. The van der Waals surface area contributed by atoms with Crippen LogP contribution in [0.5, 0.6) is 17.2 Å². The van der Waals surface area contributed by atoms with Crippen molar-refractivity contribution in [1.82, 2.24) is 9.36 Å². The third kappa shape index (κ3) is 3.54. The maximum atomic E-state index is 5.52. The Labute approximate surface area is 173 Å². The van der Waals surface area contributed by atoms with E-state index in [0.717, 1.165) is 33.6 Å². The number of hydrogen-bond donors (Lipinski definition) is 0. The van der Waals surface area contributed by atoms with Gasteiger partial charge in [-0.25, -0.2) is 0 Å². The molecular formula is C23H20N2O3S. The van der Waals surface area contributed by atoms with Gasteiger partial charge in [-0.2, -0.15) is 4.37 Å². The number of ether oxygens (including phenoxy) is 3. The first-order valence-electron chi connectivity index (χ1n) is 9.02. The van der Waals surface area contributed by atoms with Crippen molar-refractivity contribution in [3.8, 4) is 50.9 Å². The van der Waals surface area contributed by atoms with Crippen LogP contribution < -0.4 is 14.2 Å². The van der Waals surface area contributed by atoms with E-state index in [4.69, 9.17) is 14.2 Å². The molecule has 0 spiro atoms. The summed E-state index contributed by atoms with van der Waals surface area (Å²) >= 11 is 1.41. The minimum Gasteiger partial charge on any atom is -0.493 e. The molecule has 5 nitrogen and oxygen atoms in total. The van der Waals surface area contributed by atoms with Crippen molar-refractivity contribution in [2.45, 2.75) is 0 Å². The van der Waals surface area contributed by atoms with E-state index in [1.807, 2.05) is 42.5 Å². The molecule has 29 heavy (non-hydrogen) atoms. The third-order valence-corrected chi connectivity index (χ3v) is 5.30. The predicted molar refractivity (Wildman–Crippen MR) is 116 cm³/mol. The molecule has 0 atom stereocenters. The number of methoxy groups -OCH3 is 3. The minimum absolute atomic E-state index is 0.560. The molecule has 0 radical (unpaired) electrons. The zero-order valence-corrected chi connectivity index (χ0v) is 17.2. The molecule has 6 heteroatoms. The molecule has 4 rings (SSSR count). The molecule has 0 amide bonds. The summed E-state index contributed by atoms with van der Waals surface area (Å²) in [5.41, 5.74) is 5.84. The Bertz CT molecular complexity index is 1100. The van der Waals surface area contributed by atoms with E-state index >= 15 is 0 Å². The molecular weight excluding hydrogens is 384 g/mol. The molecule has 4 aromatic rings. The summed E-state index contributed by atoms with van der Waals surface area (Å²) in [6, 6.07) is 18.0. The average molecular weight is 404 g/mol. The predicted octanol–water partition coefficient (Wildman–Crippen LogP) is 5.56. The van der Waals surface area contributed by atoms with Gasteiger partial charge in [0.2, 0.25) is 5.75 Å². The summed E-state index contributed by atoms with van der Waals surface area (Å²) in [6.07, 6.45) is 1.80. The molecule has 0 unspecified atom stereocenters. The Hall–Kier alpha value is -3.38. The number of hydrogen-bond acceptors (Lipinski definition) is 6. The van der Waals surface area contributed by atoms with Gasteiger partial charge in [0.1, 0.15) is 0 Å². The summed E-state index contributed by atoms with van der Waals surface area (Å²) in [5.74, 6) is 1.75. The monoisotopic (exact) mass is 404 g/mol. The molecule has 146 valence electrons. The van der Waals surface area contributed by atoms with Crippen LogP contribution in [0.3, 0.4) is 0 Å². The molecule has 0 fully saturated rings. The van der Waals surface area contributed by atoms with Gasteiger partial charge in [0.15, 0.2) is 11.5 Å². The first-order valence-corrected chi connectivity index (χ1v) is 9.86. The summed E-state index contributed by atoms with van der Waals surface area (Å²) in [5, 5.41) is 2.06. The SMILES string of the molecule is COc1cc(-c2nscc2-c2ccccc2-c2ccccn2)cc(OC)c1OC. The van der Waals surface area contributed by atoms with E-state index in [0.29, 0.717) is 17.2 Å². The quantitative estimate of drug-likeness (QED) is 0.421. The van der Waals surface area contributed by atoms with Crippen molar-refractivity contribution in [3.05, 3.63) is 66.2 Å². The van der Waals surface area contributed by atoms with Gasteiger partial charge >= 0.3 is 0 Å². The van der Waals surface area contributed by atoms with E-state index in [-0.39, 0.29) is 0 Å². The Balaban J connectivity index is 1.89. The molecule has 0 N–H and O–H groups in total. The van der Waals surface area contributed by atoms with Crippen LogP contribution in [0.1, 0.15) is 0 Å². The van der Waals surface area contributed by atoms with Crippen molar-refractivity contribution in [3.63, 3.8) is 0 Å². The molecule has 2 aromatic heterocycles. The maximum Gasteiger partial charge on any atom is 0.203 e. The molecule has 0 aliphatic rings. The Morgan fingerprint density at radius 3 is 2.07 bits per heavy atom. The summed E-state index contributed by atoms with van der Waals surface area (Å²) in [4.78, 5) is 4.53. The van der Waals surface area contributed by atoms with E-state index < -0.39 is 0 Å². The lowest BCUT2D eigenvalue weighted by atomic mass is 9.95. The van der Waals surface area contributed by atoms with Gasteiger partial charge in [-0.1, -0.05) is 30.3 Å². The van der Waals surface area contributed by atoms with E-state index in [1.54, 1.807) is 27.5 Å². The first kappa shape index (κ1) is 19.0. The highest BCUT2D eigenvalue weighted by Gasteiger charge is 2.19. The van der Waals surface area contributed by atoms with Gasteiger partial charge in [-0.15, -0.1) is 0 Å². The molecule has 0 aliphatic carbocycles. The van der Waals surface area contributed by atoms with Crippen LogP contribution in [-0.2, 0) is 0 Å². The van der Waals surface area contributed by atoms with Gasteiger partial charge in [0.05, 0.1) is 32.7 Å². The fourth-order valence-corrected chi connectivity index (χ4v) is 4.02. The average Bonchev–Trinajstić information content (AvgIpc) is 3.28. The summed E-state index contributed by atoms with van der Waals surface area (Å²) in [6.45, 7) is 0. The van der Waals surface area contributed by atoms with Gasteiger partial charge in [0, 0.05) is 28.3 Å². The van der Waals surface area contributed by atoms with Crippen LogP contribution in [0, 0.1) is 0 Å².